The molecular weight excluding hydrogens is 232 g/mol. The van der Waals surface area contributed by atoms with Crippen LogP contribution < -0.4 is 5.32 Å². The molecular formula is C10H9F2N3S. The molecule has 2 rings (SSSR count). The predicted octanol–water partition coefficient (Wildman–Crippen LogP) is 2.45. The maximum Gasteiger partial charge on any atom is 0.202 e. The molecule has 1 N–H and O–H groups in total. The van der Waals surface area contributed by atoms with Crippen LogP contribution in [0.5, 0.6) is 0 Å². The lowest BCUT2D eigenvalue weighted by Crippen LogP contribution is -1.94. The molecule has 84 valence electrons. The van der Waals surface area contributed by atoms with Gasteiger partial charge in [0.1, 0.15) is 17.5 Å². The second-order valence-electron chi connectivity index (χ2n) is 3.22. The number of halogens is 2. The van der Waals surface area contributed by atoms with Crippen LogP contribution in [0.3, 0.4) is 0 Å². The van der Waals surface area contributed by atoms with Crippen molar-refractivity contribution >= 4 is 16.7 Å². The maximum atomic E-state index is 12.9. The van der Waals surface area contributed by atoms with Gasteiger partial charge in [-0.15, -0.1) is 0 Å². The highest BCUT2D eigenvalue weighted by Gasteiger charge is 2.06. The van der Waals surface area contributed by atoms with Gasteiger partial charge in [0, 0.05) is 31.1 Å². The minimum atomic E-state index is -0.584. The van der Waals surface area contributed by atoms with Crippen molar-refractivity contribution in [3.05, 3.63) is 41.2 Å². The van der Waals surface area contributed by atoms with Crippen molar-refractivity contribution in [2.24, 2.45) is 0 Å². The number of hydrogen-bond donors (Lipinski definition) is 1. The number of rotatable bonds is 3. The Kier molecular flexibility index (Phi) is 3.09. The largest absolute Gasteiger partial charge is 0.363 e. The molecule has 2 aromatic rings. The summed E-state index contributed by atoms with van der Waals surface area (Å²) in [6.07, 6.45) is 0.326. The van der Waals surface area contributed by atoms with Crippen molar-refractivity contribution in [2.75, 3.05) is 12.4 Å². The molecule has 0 atom stereocenters. The highest BCUT2D eigenvalue weighted by atomic mass is 32.1. The van der Waals surface area contributed by atoms with Gasteiger partial charge in [-0.05, 0) is 17.7 Å². The van der Waals surface area contributed by atoms with Gasteiger partial charge in [-0.1, -0.05) is 0 Å². The third kappa shape index (κ3) is 2.52. The Labute approximate surface area is 95.3 Å². The Morgan fingerprint density at radius 1 is 1.25 bits per heavy atom. The van der Waals surface area contributed by atoms with E-state index in [1.807, 2.05) is 0 Å². The van der Waals surface area contributed by atoms with Gasteiger partial charge in [0.05, 0.1) is 0 Å². The fraction of sp³-hybridized carbons (Fsp3) is 0.200. The van der Waals surface area contributed by atoms with Gasteiger partial charge in [-0.3, -0.25) is 0 Å². The Bertz CT molecular complexity index is 478. The van der Waals surface area contributed by atoms with E-state index in [2.05, 4.69) is 14.7 Å². The van der Waals surface area contributed by atoms with Crippen LogP contribution in [0, 0.1) is 11.6 Å². The van der Waals surface area contributed by atoms with E-state index in [0.29, 0.717) is 22.9 Å². The molecule has 0 unspecified atom stereocenters. The zero-order valence-corrected chi connectivity index (χ0v) is 9.31. The molecule has 0 radical (unpaired) electrons. The normalized spacial score (nSPS) is 10.4. The molecule has 6 heteroatoms. The summed E-state index contributed by atoms with van der Waals surface area (Å²) in [7, 11) is 1.74. The molecule has 16 heavy (non-hydrogen) atoms. The Morgan fingerprint density at radius 2 is 1.94 bits per heavy atom. The molecule has 1 heterocycles. The standard InChI is InChI=1S/C10H9F2N3S/c1-13-10-14-9(15-16-10)4-6-2-7(11)5-8(12)3-6/h2-3,5H,4H2,1H3,(H,13,14,15). The second-order valence-corrected chi connectivity index (χ2v) is 3.97. The summed E-state index contributed by atoms with van der Waals surface area (Å²) in [6, 6.07) is 3.41. The summed E-state index contributed by atoms with van der Waals surface area (Å²) in [5, 5.41) is 3.54. The van der Waals surface area contributed by atoms with Crippen LogP contribution in [0.1, 0.15) is 11.4 Å². The fourth-order valence-electron chi connectivity index (χ4n) is 1.32. The molecule has 0 bridgehead atoms. The number of nitrogens with one attached hydrogen (secondary N) is 1. The average Bonchev–Trinajstić information content (AvgIpc) is 2.64. The molecule has 0 fully saturated rings. The van der Waals surface area contributed by atoms with Crippen LogP contribution >= 0.6 is 11.5 Å². The van der Waals surface area contributed by atoms with E-state index < -0.39 is 11.6 Å². The van der Waals surface area contributed by atoms with E-state index in [4.69, 9.17) is 0 Å². The van der Waals surface area contributed by atoms with Crippen LogP contribution in [0.15, 0.2) is 18.2 Å². The number of aromatic nitrogens is 2. The van der Waals surface area contributed by atoms with Crippen molar-refractivity contribution in [3.63, 3.8) is 0 Å². The van der Waals surface area contributed by atoms with Crippen LogP contribution in [-0.2, 0) is 6.42 Å². The van der Waals surface area contributed by atoms with Gasteiger partial charge in [-0.2, -0.15) is 4.37 Å². The maximum absolute atomic E-state index is 12.9. The van der Waals surface area contributed by atoms with Gasteiger partial charge in [0.25, 0.3) is 0 Å². The number of benzene rings is 1. The van der Waals surface area contributed by atoms with E-state index in [1.54, 1.807) is 7.05 Å². The molecule has 0 saturated heterocycles. The van der Waals surface area contributed by atoms with Crippen molar-refractivity contribution in [1.82, 2.24) is 9.36 Å². The SMILES string of the molecule is CNc1nc(Cc2cc(F)cc(F)c2)ns1. The first-order chi connectivity index (χ1) is 7.67. The first-order valence-corrected chi connectivity index (χ1v) is 5.40. The quantitative estimate of drug-likeness (QED) is 0.897. The number of nitrogens with zero attached hydrogens (tertiary/aromatic N) is 2. The number of anilines is 1. The van der Waals surface area contributed by atoms with Gasteiger partial charge in [0.2, 0.25) is 5.13 Å². The van der Waals surface area contributed by atoms with E-state index in [1.165, 1.54) is 23.7 Å². The molecule has 3 nitrogen and oxygen atoms in total. The topological polar surface area (TPSA) is 37.8 Å². The zero-order valence-electron chi connectivity index (χ0n) is 8.50. The fourth-order valence-corrected chi connectivity index (χ4v) is 1.86. The van der Waals surface area contributed by atoms with Crippen molar-refractivity contribution in [1.29, 1.82) is 0 Å². The molecule has 1 aromatic heterocycles. The van der Waals surface area contributed by atoms with Gasteiger partial charge >= 0.3 is 0 Å². The van der Waals surface area contributed by atoms with Crippen LogP contribution in [-0.4, -0.2) is 16.4 Å². The van der Waals surface area contributed by atoms with E-state index in [0.717, 1.165) is 6.07 Å². The minimum absolute atomic E-state index is 0.326. The number of hydrogen-bond acceptors (Lipinski definition) is 4. The highest BCUT2D eigenvalue weighted by molar-refractivity contribution is 7.09. The first-order valence-electron chi connectivity index (χ1n) is 4.62. The molecule has 0 spiro atoms. The van der Waals surface area contributed by atoms with Gasteiger partial charge in [0.15, 0.2) is 0 Å². The van der Waals surface area contributed by atoms with Crippen molar-refractivity contribution < 1.29 is 8.78 Å². The summed E-state index contributed by atoms with van der Waals surface area (Å²) >= 11 is 1.22. The summed E-state index contributed by atoms with van der Waals surface area (Å²) in [5.74, 6) is -0.613. The van der Waals surface area contributed by atoms with Gasteiger partial charge < -0.3 is 5.32 Å². The monoisotopic (exact) mass is 241 g/mol. The lowest BCUT2D eigenvalue weighted by Gasteiger charge is -1.98. The summed E-state index contributed by atoms with van der Waals surface area (Å²) < 4.78 is 29.9. The first kappa shape index (κ1) is 10.9. The summed E-state index contributed by atoms with van der Waals surface area (Å²) in [5.41, 5.74) is 0.526. The highest BCUT2D eigenvalue weighted by Crippen LogP contribution is 2.15. The van der Waals surface area contributed by atoms with Gasteiger partial charge in [-0.25, -0.2) is 13.8 Å². The average molecular weight is 241 g/mol. The van der Waals surface area contributed by atoms with E-state index in [9.17, 15) is 8.78 Å². The van der Waals surface area contributed by atoms with Crippen LogP contribution in [0.2, 0.25) is 0 Å². The van der Waals surface area contributed by atoms with Crippen LogP contribution in [0.25, 0.3) is 0 Å². The third-order valence-electron chi connectivity index (χ3n) is 1.97. The summed E-state index contributed by atoms with van der Waals surface area (Å²) in [6.45, 7) is 0. The Hall–Kier alpha value is -1.56. The van der Waals surface area contributed by atoms with Crippen LogP contribution in [0.4, 0.5) is 13.9 Å². The van der Waals surface area contributed by atoms with Crippen molar-refractivity contribution in [2.45, 2.75) is 6.42 Å². The summed E-state index contributed by atoms with van der Waals surface area (Å²) in [4.78, 5) is 4.13. The minimum Gasteiger partial charge on any atom is -0.363 e. The third-order valence-corrected chi connectivity index (χ3v) is 2.74. The predicted molar refractivity (Wildman–Crippen MR) is 58.6 cm³/mol. The molecule has 0 aliphatic heterocycles. The molecule has 0 saturated carbocycles. The smallest absolute Gasteiger partial charge is 0.202 e. The Balaban J connectivity index is 2.19. The lowest BCUT2D eigenvalue weighted by atomic mass is 10.1. The lowest BCUT2D eigenvalue weighted by molar-refractivity contribution is 0.580. The molecule has 0 aliphatic rings. The molecule has 0 amide bonds. The molecule has 0 aliphatic carbocycles. The van der Waals surface area contributed by atoms with E-state index in [-0.39, 0.29) is 0 Å². The Morgan fingerprint density at radius 3 is 2.50 bits per heavy atom. The zero-order chi connectivity index (χ0) is 11.5. The van der Waals surface area contributed by atoms with E-state index >= 15 is 0 Å². The second kappa shape index (κ2) is 4.52. The van der Waals surface area contributed by atoms with Crippen molar-refractivity contribution in [3.8, 4) is 0 Å². The molecule has 1 aromatic carbocycles.